The van der Waals surface area contributed by atoms with Crippen molar-refractivity contribution in [1.29, 1.82) is 0 Å². The van der Waals surface area contributed by atoms with Crippen LogP contribution in [-0.4, -0.2) is 4.57 Å². The largest absolute Gasteiger partial charge is 0.455 e. The Bertz CT molecular complexity index is 3450. The van der Waals surface area contributed by atoms with Gasteiger partial charge in [-0.1, -0.05) is 159 Å². The molecule has 0 bridgehead atoms. The lowest BCUT2D eigenvalue weighted by atomic mass is 9.82. The van der Waals surface area contributed by atoms with Crippen molar-refractivity contribution in [3.63, 3.8) is 0 Å². The molecule has 0 unspecified atom stereocenters. The molecule has 0 saturated carbocycles. The van der Waals surface area contributed by atoms with Gasteiger partial charge in [0, 0.05) is 44.1 Å². The van der Waals surface area contributed by atoms with Crippen molar-refractivity contribution in [1.82, 2.24) is 4.57 Å². The number of para-hydroxylation sites is 3. The minimum absolute atomic E-state index is 0.136. The Labute approximate surface area is 349 Å². The topological polar surface area (TPSA) is 21.3 Å². The van der Waals surface area contributed by atoms with Crippen LogP contribution in [0.3, 0.4) is 0 Å². The van der Waals surface area contributed by atoms with Crippen molar-refractivity contribution in [3.05, 3.63) is 217 Å². The van der Waals surface area contributed by atoms with E-state index < -0.39 is 0 Å². The number of furan rings is 1. The first-order valence-electron chi connectivity index (χ1n) is 20.8. The number of fused-ring (bicyclic) bond motifs is 9. The van der Waals surface area contributed by atoms with Crippen LogP contribution in [0.2, 0.25) is 0 Å². The molecule has 3 heteroatoms. The predicted octanol–water partition coefficient (Wildman–Crippen LogP) is 15.8. The maximum Gasteiger partial charge on any atom is 0.143 e. The van der Waals surface area contributed by atoms with Gasteiger partial charge < -0.3 is 13.9 Å². The Morgan fingerprint density at radius 1 is 0.450 bits per heavy atom. The summed E-state index contributed by atoms with van der Waals surface area (Å²) in [5.41, 5.74) is 18.3. The molecule has 2 heterocycles. The van der Waals surface area contributed by atoms with Crippen molar-refractivity contribution < 1.29 is 4.42 Å². The highest BCUT2D eigenvalue weighted by atomic mass is 16.3. The van der Waals surface area contributed by atoms with Gasteiger partial charge in [-0.15, -0.1) is 0 Å². The monoisotopic (exact) mass is 768 g/mol. The summed E-state index contributed by atoms with van der Waals surface area (Å²) in [6, 6.07) is 74.7. The second-order valence-corrected chi connectivity index (χ2v) is 16.5. The van der Waals surface area contributed by atoms with Gasteiger partial charge in [0.2, 0.25) is 0 Å². The Balaban J connectivity index is 1.08. The van der Waals surface area contributed by atoms with Gasteiger partial charge in [-0.05, 0) is 94.0 Å². The summed E-state index contributed by atoms with van der Waals surface area (Å²) >= 11 is 0. The van der Waals surface area contributed by atoms with E-state index in [-0.39, 0.29) is 5.41 Å². The van der Waals surface area contributed by atoms with Crippen molar-refractivity contribution in [2.75, 3.05) is 4.90 Å². The predicted molar refractivity (Wildman–Crippen MR) is 251 cm³/mol. The van der Waals surface area contributed by atoms with Crippen LogP contribution in [0.4, 0.5) is 17.1 Å². The van der Waals surface area contributed by atoms with Crippen LogP contribution < -0.4 is 4.90 Å². The molecule has 0 radical (unpaired) electrons. The lowest BCUT2D eigenvalue weighted by Crippen LogP contribution is -2.16. The molecule has 0 fully saturated rings. The zero-order valence-corrected chi connectivity index (χ0v) is 33.4. The molecule has 0 saturated heterocycles. The first-order chi connectivity index (χ1) is 29.5. The van der Waals surface area contributed by atoms with E-state index in [0.29, 0.717) is 0 Å². The summed E-state index contributed by atoms with van der Waals surface area (Å²) in [7, 11) is 0. The zero-order chi connectivity index (χ0) is 40.0. The highest BCUT2D eigenvalue weighted by molar-refractivity contribution is 6.18. The Kier molecular flexibility index (Phi) is 7.58. The van der Waals surface area contributed by atoms with E-state index in [4.69, 9.17) is 4.42 Å². The maximum atomic E-state index is 7.00. The minimum Gasteiger partial charge on any atom is -0.455 e. The zero-order valence-electron chi connectivity index (χ0n) is 33.4. The third kappa shape index (κ3) is 5.09. The van der Waals surface area contributed by atoms with Crippen LogP contribution in [0.15, 0.2) is 211 Å². The fourth-order valence-corrected chi connectivity index (χ4v) is 10.0. The number of aromatic nitrogens is 1. The van der Waals surface area contributed by atoms with Gasteiger partial charge in [0.15, 0.2) is 0 Å². The summed E-state index contributed by atoms with van der Waals surface area (Å²) < 4.78 is 9.37. The molecule has 11 aromatic rings. The SMILES string of the molecule is CC1(C)c2ccccc2-c2c(N(c3ccc(-c4ccccc4)cc3)c3cccc4oc5c(-c6ccc7c(c6)c6ccccc6n7-c6ccccc6)cccc5c34)cccc21. The van der Waals surface area contributed by atoms with Crippen molar-refractivity contribution >= 4 is 60.8 Å². The molecule has 3 nitrogen and oxygen atoms in total. The van der Waals surface area contributed by atoms with Gasteiger partial charge in [-0.25, -0.2) is 0 Å². The number of hydrogen-bond donors (Lipinski definition) is 0. The van der Waals surface area contributed by atoms with E-state index in [1.54, 1.807) is 0 Å². The Morgan fingerprint density at radius 3 is 1.92 bits per heavy atom. The number of anilines is 3. The quantitative estimate of drug-likeness (QED) is 0.168. The van der Waals surface area contributed by atoms with Gasteiger partial charge in [0.25, 0.3) is 0 Å². The molecule has 60 heavy (non-hydrogen) atoms. The van der Waals surface area contributed by atoms with Gasteiger partial charge in [0.05, 0.1) is 27.8 Å². The molecule has 0 aliphatic heterocycles. The third-order valence-corrected chi connectivity index (χ3v) is 12.8. The smallest absolute Gasteiger partial charge is 0.143 e. The van der Waals surface area contributed by atoms with Gasteiger partial charge in [-0.3, -0.25) is 0 Å². The lowest BCUT2D eigenvalue weighted by Gasteiger charge is -2.29. The van der Waals surface area contributed by atoms with Crippen molar-refractivity contribution in [3.8, 4) is 39.1 Å². The average Bonchev–Trinajstić information content (AvgIpc) is 3.93. The molecular weight excluding hydrogens is 729 g/mol. The van der Waals surface area contributed by atoms with Crippen LogP contribution >= 0.6 is 0 Å². The number of nitrogens with zero attached hydrogens (tertiary/aromatic N) is 2. The first kappa shape index (κ1) is 34.4. The summed E-state index contributed by atoms with van der Waals surface area (Å²) in [6.07, 6.45) is 0. The van der Waals surface area contributed by atoms with Gasteiger partial charge in [0.1, 0.15) is 11.2 Å². The molecule has 1 aliphatic rings. The lowest BCUT2D eigenvalue weighted by molar-refractivity contribution is 0.660. The molecule has 0 spiro atoms. The second-order valence-electron chi connectivity index (χ2n) is 16.5. The normalized spacial score (nSPS) is 13.0. The second kappa shape index (κ2) is 13.2. The number of benzene rings is 9. The van der Waals surface area contributed by atoms with Gasteiger partial charge >= 0.3 is 0 Å². The van der Waals surface area contributed by atoms with E-state index in [9.17, 15) is 0 Å². The number of hydrogen-bond acceptors (Lipinski definition) is 2. The Morgan fingerprint density at radius 2 is 1.07 bits per heavy atom. The molecule has 0 amide bonds. The van der Waals surface area contributed by atoms with Crippen LogP contribution in [0.5, 0.6) is 0 Å². The van der Waals surface area contributed by atoms with Crippen molar-refractivity contribution in [2.45, 2.75) is 19.3 Å². The molecule has 0 atom stereocenters. The van der Waals surface area contributed by atoms with Crippen molar-refractivity contribution in [2.24, 2.45) is 0 Å². The first-order valence-corrected chi connectivity index (χ1v) is 20.8. The van der Waals surface area contributed by atoms with Gasteiger partial charge in [-0.2, -0.15) is 0 Å². The highest BCUT2D eigenvalue weighted by Crippen LogP contribution is 2.55. The van der Waals surface area contributed by atoms with E-state index in [0.717, 1.165) is 55.8 Å². The summed E-state index contributed by atoms with van der Waals surface area (Å²) in [6.45, 7) is 4.70. The summed E-state index contributed by atoms with van der Waals surface area (Å²) in [5.74, 6) is 0. The summed E-state index contributed by atoms with van der Waals surface area (Å²) in [4.78, 5) is 2.46. The fraction of sp³-hybridized carbons (Fsp3) is 0.0526. The summed E-state index contributed by atoms with van der Waals surface area (Å²) in [5, 5.41) is 4.62. The Hall–Kier alpha value is -7.62. The molecule has 2 aromatic heterocycles. The molecule has 0 N–H and O–H groups in total. The molecule has 9 aromatic carbocycles. The molecule has 12 rings (SSSR count). The van der Waals surface area contributed by atoms with Crippen LogP contribution in [0.1, 0.15) is 25.0 Å². The highest BCUT2D eigenvalue weighted by Gasteiger charge is 2.38. The van der Waals surface area contributed by atoms with Crippen LogP contribution in [0, 0.1) is 0 Å². The van der Waals surface area contributed by atoms with Crippen LogP contribution in [0.25, 0.3) is 82.8 Å². The molecule has 284 valence electrons. The fourth-order valence-electron chi connectivity index (χ4n) is 10.0. The maximum absolute atomic E-state index is 7.00. The molecular formula is C57H40N2O. The van der Waals surface area contributed by atoms with E-state index in [1.807, 2.05) is 0 Å². The standard InChI is InChI=1S/C57H40N2O/c1-57(2)47-24-11-9-21-44(47)54-48(57)25-14-27-51(54)59(41-33-30-38(31-34-41)37-16-5-3-6-17-37)52-28-15-29-53-55(52)45-23-13-22-42(56(45)60-53)39-32-35-50-46(36-39)43-20-10-12-26-49(43)58(50)40-18-7-4-8-19-40/h3-36H,1-2H3. The van der Waals surface area contributed by atoms with E-state index in [2.05, 4.69) is 230 Å². The molecule has 1 aliphatic carbocycles. The van der Waals surface area contributed by atoms with E-state index in [1.165, 1.54) is 55.2 Å². The average molecular weight is 769 g/mol. The minimum atomic E-state index is -0.136. The van der Waals surface area contributed by atoms with Crippen LogP contribution in [-0.2, 0) is 5.41 Å². The third-order valence-electron chi connectivity index (χ3n) is 12.8. The number of rotatable bonds is 6. The van der Waals surface area contributed by atoms with E-state index >= 15 is 0 Å².